The number of nitrogens with zero attached hydrogens (tertiary/aromatic N) is 6. The zero-order chi connectivity index (χ0) is 16.8. The Hall–Kier alpha value is -1.74. The molecular weight excluding hydrogens is 316 g/mol. The summed E-state index contributed by atoms with van der Waals surface area (Å²) >= 11 is 0. The fourth-order valence-corrected chi connectivity index (χ4v) is 3.99. The fourth-order valence-electron chi connectivity index (χ4n) is 3.12. The summed E-state index contributed by atoms with van der Waals surface area (Å²) in [7, 11) is 0.771. The average Bonchev–Trinajstić information content (AvgIpc) is 2.86. The molecule has 0 N–H and O–H groups in total. The lowest BCUT2D eigenvalue weighted by molar-refractivity contribution is 0.316. The van der Waals surface area contributed by atoms with Gasteiger partial charge in [-0.05, 0) is 19.8 Å². The molecule has 1 fully saturated rings. The van der Waals surface area contributed by atoms with Crippen LogP contribution in [0.1, 0.15) is 18.7 Å². The highest BCUT2D eigenvalue weighted by atomic mass is 32.2. The lowest BCUT2D eigenvalue weighted by Crippen LogP contribution is -2.45. The van der Waals surface area contributed by atoms with Gasteiger partial charge in [0.15, 0.2) is 5.65 Å². The molecule has 3 rings (SSSR count). The van der Waals surface area contributed by atoms with E-state index < -0.39 is 10.0 Å². The number of rotatable bonds is 3. The van der Waals surface area contributed by atoms with Gasteiger partial charge in [0.2, 0.25) is 10.0 Å². The van der Waals surface area contributed by atoms with Crippen LogP contribution in [0, 0.1) is 6.92 Å². The smallest absolute Gasteiger partial charge is 0.211 e. The topological polar surface area (TPSA) is 84.2 Å². The zero-order valence-electron chi connectivity index (χ0n) is 13.9. The number of piperidine rings is 1. The summed E-state index contributed by atoms with van der Waals surface area (Å²) < 4.78 is 26.6. The number of fused-ring (bicyclic) bond motifs is 1. The van der Waals surface area contributed by atoms with Crippen molar-refractivity contribution in [1.82, 2.24) is 24.1 Å². The fraction of sp³-hybridized carbons (Fsp3) is 0.643. The first-order chi connectivity index (χ1) is 10.8. The van der Waals surface area contributed by atoms with Gasteiger partial charge in [-0.3, -0.25) is 4.68 Å². The lowest BCUT2D eigenvalue weighted by atomic mass is 10.1. The molecule has 1 saturated heterocycles. The van der Waals surface area contributed by atoms with Crippen LogP contribution >= 0.6 is 0 Å². The molecule has 0 amide bonds. The van der Waals surface area contributed by atoms with Crippen molar-refractivity contribution in [2.24, 2.45) is 7.05 Å². The van der Waals surface area contributed by atoms with Gasteiger partial charge < -0.3 is 4.90 Å². The molecule has 3 heterocycles. The molecule has 9 heteroatoms. The second-order valence-corrected chi connectivity index (χ2v) is 8.09. The molecule has 0 atom stereocenters. The summed E-state index contributed by atoms with van der Waals surface area (Å²) in [6.07, 6.45) is 4.62. The van der Waals surface area contributed by atoms with Crippen molar-refractivity contribution in [1.29, 1.82) is 0 Å². The van der Waals surface area contributed by atoms with Crippen LogP contribution in [0.15, 0.2) is 6.20 Å². The molecule has 0 saturated carbocycles. The van der Waals surface area contributed by atoms with Crippen LogP contribution in [0.3, 0.4) is 0 Å². The van der Waals surface area contributed by atoms with Gasteiger partial charge in [0.25, 0.3) is 0 Å². The highest BCUT2D eigenvalue weighted by Gasteiger charge is 2.28. The molecule has 2 aromatic heterocycles. The van der Waals surface area contributed by atoms with Crippen molar-refractivity contribution < 1.29 is 8.42 Å². The maximum atomic E-state index is 11.6. The van der Waals surface area contributed by atoms with Gasteiger partial charge in [-0.15, -0.1) is 0 Å². The Morgan fingerprint density at radius 3 is 2.52 bits per heavy atom. The number of aromatic nitrogens is 4. The molecule has 0 aliphatic carbocycles. The van der Waals surface area contributed by atoms with Gasteiger partial charge >= 0.3 is 0 Å². The zero-order valence-corrected chi connectivity index (χ0v) is 14.7. The van der Waals surface area contributed by atoms with E-state index in [4.69, 9.17) is 0 Å². The highest BCUT2D eigenvalue weighted by molar-refractivity contribution is 7.88. The Balaban J connectivity index is 1.86. The summed E-state index contributed by atoms with van der Waals surface area (Å²) in [5.74, 6) is 1.56. The normalized spacial score (nSPS) is 17.7. The summed E-state index contributed by atoms with van der Waals surface area (Å²) in [4.78, 5) is 11.2. The van der Waals surface area contributed by atoms with Gasteiger partial charge in [-0.1, -0.05) is 0 Å². The third-order valence-corrected chi connectivity index (χ3v) is 5.76. The Morgan fingerprint density at radius 1 is 1.26 bits per heavy atom. The molecule has 0 radical (unpaired) electrons. The van der Waals surface area contributed by atoms with E-state index in [1.165, 1.54) is 6.26 Å². The molecule has 2 aromatic rings. The summed E-state index contributed by atoms with van der Waals surface area (Å²) in [6, 6.07) is 0.255. The molecule has 1 aliphatic heterocycles. The van der Waals surface area contributed by atoms with Crippen LogP contribution in [0.2, 0.25) is 0 Å². The van der Waals surface area contributed by atoms with Gasteiger partial charge in [0.1, 0.15) is 11.6 Å². The minimum Gasteiger partial charge on any atom is -0.356 e. The maximum Gasteiger partial charge on any atom is 0.211 e. The average molecular weight is 338 g/mol. The Kier molecular flexibility index (Phi) is 4.01. The SMILES string of the molecule is Cc1nc(N(C)C2CCN(S(C)(=O)=O)CC2)c2cnn(C)c2n1. The van der Waals surface area contributed by atoms with E-state index in [1.807, 2.05) is 21.0 Å². The van der Waals surface area contributed by atoms with Crippen LogP contribution in [0.4, 0.5) is 5.82 Å². The Morgan fingerprint density at radius 2 is 1.91 bits per heavy atom. The summed E-state index contributed by atoms with van der Waals surface area (Å²) in [6.45, 7) is 2.97. The first-order valence-electron chi connectivity index (χ1n) is 7.61. The van der Waals surface area contributed by atoms with E-state index in [0.29, 0.717) is 18.9 Å². The molecule has 0 spiro atoms. The maximum absolute atomic E-state index is 11.6. The van der Waals surface area contributed by atoms with Crippen LogP contribution < -0.4 is 4.90 Å². The standard InChI is InChI=1S/C14H22N6O2S/c1-10-16-13(12-9-15-19(3)14(12)17-10)18(2)11-5-7-20(8-6-11)23(4,21)22/h9,11H,5-8H2,1-4H3. The van der Waals surface area contributed by atoms with E-state index in [9.17, 15) is 8.42 Å². The third kappa shape index (κ3) is 3.02. The van der Waals surface area contributed by atoms with Gasteiger partial charge in [0, 0.05) is 33.2 Å². The van der Waals surface area contributed by atoms with Crippen molar-refractivity contribution in [3.05, 3.63) is 12.0 Å². The Bertz CT molecular complexity index is 823. The van der Waals surface area contributed by atoms with Crippen molar-refractivity contribution in [3.8, 4) is 0 Å². The van der Waals surface area contributed by atoms with Crippen LogP contribution in [0.25, 0.3) is 11.0 Å². The number of anilines is 1. The second kappa shape index (κ2) is 5.72. The molecule has 0 unspecified atom stereocenters. The second-order valence-electron chi connectivity index (χ2n) is 6.10. The Labute approximate surface area is 136 Å². The highest BCUT2D eigenvalue weighted by Crippen LogP contribution is 2.27. The van der Waals surface area contributed by atoms with Gasteiger partial charge in [-0.25, -0.2) is 22.7 Å². The lowest BCUT2D eigenvalue weighted by Gasteiger charge is -2.36. The first-order valence-corrected chi connectivity index (χ1v) is 9.46. The predicted octanol–water partition coefficient (Wildman–Crippen LogP) is 0.532. The third-order valence-electron chi connectivity index (χ3n) is 4.46. The molecule has 126 valence electrons. The minimum absolute atomic E-state index is 0.255. The number of hydrogen-bond donors (Lipinski definition) is 0. The number of hydrogen-bond acceptors (Lipinski definition) is 6. The predicted molar refractivity (Wildman–Crippen MR) is 88.9 cm³/mol. The van der Waals surface area contributed by atoms with Crippen molar-refractivity contribution in [2.75, 3.05) is 31.3 Å². The first kappa shape index (κ1) is 16.1. The quantitative estimate of drug-likeness (QED) is 0.812. The minimum atomic E-state index is -3.10. The van der Waals surface area contributed by atoms with E-state index >= 15 is 0 Å². The van der Waals surface area contributed by atoms with E-state index in [2.05, 4.69) is 20.0 Å². The largest absolute Gasteiger partial charge is 0.356 e. The number of aryl methyl sites for hydroxylation is 2. The van der Waals surface area contributed by atoms with Crippen molar-refractivity contribution in [3.63, 3.8) is 0 Å². The molecule has 1 aliphatic rings. The molecule has 0 aromatic carbocycles. The van der Waals surface area contributed by atoms with Gasteiger partial charge in [-0.2, -0.15) is 5.10 Å². The number of sulfonamides is 1. The summed E-state index contributed by atoms with van der Waals surface area (Å²) in [5.41, 5.74) is 0.813. The van der Waals surface area contributed by atoms with Crippen LogP contribution in [-0.2, 0) is 17.1 Å². The van der Waals surface area contributed by atoms with E-state index in [0.717, 1.165) is 29.7 Å². The van der Waals surface area contributed by atoms with Crippen molar-refractivity contribution >= 4 is 26.9 Å². The van der Waals surface area contributed by atoms with Crippen LogP contribution in [-0.4, -0.2) is 64.9 Å². The van der Waals surface area contributed by atoms with E-state index in [-0.39, 0.29) is 6.04 Å². The van der Waals surface area contributed by atoms with Crippen molar-refractivity contribution in [2.45, 2.75) is 25.8 Å². The molecule has 23 heavy (non-hydrogen) atoms. The summed E-state index contributed by atoms with van der Waals surface area (Å²) in [5, 5.41) is 5.19. The molecule has 0 bridgehead atoms. The van der Waals surface area contributed by atoms with Gasteiger partial charge in [0.05, 0.1) is 17.8 Å². The molecular formula is C14H22N6O2S. The molecule has 8 nitrogen and oxygen atoms in total. The van der Waals surface area contributed by atoms with Crippen LogP contribution in [0.5, 0.6) is 0 Å². The monoisotopic (exact) mass is 338 g/mol. The van der Waals surface area contributed by atoms with E-state index in [1.54, 1.807) is 15.2 Å².